The molecule has 2 aromatic rings. The van der Waals surface area contributed by atoms with Crippen molar-refractivity contribution >= 4 is 40.8 Å². The van der Waals surface area contributed by atoms with E-state index in [1.807, 2.05) is 0 Å². The van der Waals surface area contributed by atoms with Crippen LogP contribution in [0, 0.1) is 18.2 Å². The largest absolute Gasteiger partial charge is 0.369 e. The number of anilines is 1. The smallest absolute Gasteiger partial charge is 0.292 e. The van der Waals surface area contributed by atoms with E-state index in [0.717, 1.165) is 12.5 Å². The van der Waals surface area contributed by atoms with Crippen molar-refractivity contribution in [3.05, 3.63) is 51.6 Å². The van der Waals surface area contributed by atoms with E-state index in [4.69, 9.17) is 17.3 Å². The molecule has 2 bridgehead atoms. The Labute approximate surface area is 193 Å². The van der Waals surface area contributed by atoms with Gasteiger partial charge in [0.25, 0.3) is 17.6 Å². The third-order valence-electron chi connectivity index (χ3n) is 7.17. The standard InChI is InChI=1S/C23H22ClFN4O4/c1-11-16(18(30)20(32)28-23-8-22(9-23,10-23)21(26)33)15-3-2-6-29(15)17(11)19(31)27-12-4-5-14(25)13(24)7-12/h4-5,7H,2-3,6,8-10H2,1H3,(H2,26,33)(H,27,31)(H,28,32). The quantitative estimate of drug-likeness (QED) is 0.441. The molecule has 3 amide bonds. The Hall–Kier alpha value is -3.20. The number of nitrogens with one attached hydrogen (secondary N) is 2. The summed E-state index contributed by atoms with van der Waals surface area (Å²) in [6, 6.07) is 3.85. The molecular formula is C23H22ClFN4O4. The molecular weight excluding hydrogens is 451 g/mol. The van der Waals surface area contributed by atoms with Crippen LogP contribution in [0.2, 0.25) is 5.02 Å². The molecule has 1 aliphatic heterocycles. The zero-order valence-electron chi connectivity index (χ0n) is 17.9. The molecule has 1 aromatic heterocycles. The Kier molecular flexibility index (Phi) is 4.69. The predicted molar refractivity (Wildman–Crippen MR) is 118 cm³/mol. The fourth-order valence-corrected chi connectivity index (χ4v) is 5.85. The molecule has 33 heavy (non-hydrogen) atoms. The summed E-state index contributed by atoms with van der Waals surface area (Å²) in [5.41, 5.74) is 6.24. The molecule has 1 aromatic carbocycles. The predicted octanol–water partition coefficient (Wildman–Crippen LogP) is 2.49. The van der Waals surface area contributed by atoms with Crippen molar-refractivity contribution in [1.29, 1.82) is 0 Å². The minimum absolute atomic E-state index is 0.121. The lowest BCUT2D eigenvalue weighted by molar-refractivity contribution is -0.179. The van der Waals surface area contributed by atoms with E-state index in [0.29, 0.717) is 49.2 Å². The van der Waals surface area contributed by atoms with E-state index in [1.54, 1.807) is 11.5 Å². The number of benzene rings is 1. The number of nitrogens with two attached hydrogens (primary N) is 1. The molecule has 6 rings (SSSR count). The zero-order chi connectivity index (χ0) is 23.7. The van der Waals surface area contributed by atoms with E-state index in [2.05, 4.69) is 10.6 Å². The van der Waals surface area contributed by atoms with E-state index in [-0.39, 0.29) is 22.2 Å². The molecule has 172 valence electrons. The highest BCUT2D eigenvalue weighted by atomic mass is 35.5. The van der Waals surface area contributed by atoms with Gasteiger partial charge in [-0.3, -0.25) is 19.2 Å². The van der Waals surface area contributed by atoms with Crippen LogP contribution in [0.1, 0.15) is 57.8 Å². The molecule has 3 fully saturated rings. The summed E-state index contributed by atoms with van der Waals surface area (Å²) in [4.78, 5) is 50.5. The number of amides is 3. The Morgan fingerprint density at radius 2 is 1.88 bits per heavy atom. The lowest BCUT2D eigenvalue weighted by Crippen LogP contribution is -2.78. The number of carbonyl (C=O) groups is 4. The molecule has 0 atom stereocenters. The number of carbonyl (C=O) groups excluding carboxylic acids is 4. The number of primary amides is 1. The number of nitrogens with zero attached hydrogens (tertiary/aromatic N) is 1. The number of rotatable bonds is 6. The highest BCUT2D eigenvalue weighted by molar-refractivity contribution is 6.44. The Balaban J connectivity index is 1.38. The topological polar surface area (TPSA) is 123 Å². The number of ketones is 1. The molecule has 3 saturated carbocycles. The average Bonchev–Trinajstić information content (AvgIpc) is 3.24. The molecule has 3 aliphatic carbocycles. The third kappa shape index (κ3) is 3.17. The Morgan fingerprint density at radius 1 is 1.18 bits per heavy atom. The summed E-state index contributed by atoms with van der Waals surface area (Å²) in [5.74, 6) is -2.88. The van der Waals surface area contributed by atoms with Gasteiger partial charge >= 0.3 is 0 Å². The van der Waals surface area contributed by atoms with Crippen molar-refractivity contribution in [2.75, 3.05) is 5.32 Å². The molecule has 2 heterocycles. The summed E-state index contributed by atoms with van der Waals surface area (Å²) >= 11 is 5.80. The molecule has 0 unspecified atom stereocenters. The van der Waals surface area contributed by atoms with E-state index in [9.17, 15) is 23.6 Å². The highest BCUT2D eigenvalue weighted by Gasteiger charge is 2.71. The van der Waals surface area contributed by atoms with Crippen LogP contribution in [0.4, 0.5) is 10.1 Å². The van der Waals surface area contributed by atoms with Gasteiger partial charge in [0.05, 0.1) is 16.0 Å². The summed E-state index contributed by atoms with van der Waals surface area (Å²) in [7, 11) is 0. The maximum atomic E-state index is 13.4. The summed E-state index contributed by atoms with van der Waals surface area (Å²) < 4.78 is 15.2. The van der Waals surface area contributed by atoms with Crippen LogP contribution in [-0.2, 0) is 22.6 Å². The minimum atomic E-state index is -0.742. The number of hydrogen-bond donors (Lipinski definition) is 3. The molecule has 0 spiro atoms. The van der Waals surface area contributed by atoms with Crippen LogP contribution >= 0.6 is 11.6 Å². The van der Waals surface area contributed by atoms with Crippen molar-refractivity contribution in [2.24, 2.45) is 11.1 Å². The fraction of sp³-hybridized carbons (Fsp3) is 0.391. The summed E-state index contributed by atoms with van der Waals surface area (Å²) in [6.45, 7) is 2.19. The SMILES string of the molecule is Cc1c(C(=O)C(=O)NC23CC(C(N)=O)(C2)C3)c2n(c1C(=O)Nc1ccc(F)c(Cl)c1)CCC2. The number of halogens is 2. The van der Waals surface area contributed by atoms with Crippen LogP contribution in [0.15, 0.2) is 18.2 Å². The number of aromatic nitrogens is 1. The molecule has 4 aliphatic rings. The van der Waals surface area contributed by atoms with Crippen molar-refractivity contribution in [3.8, 4) is 0 Å². The van der Waals surface area contributed by atoms with Crippen LogP contribution in [0.3, 0.4) is 0 Å². The van der Waals surface area contributed by atoms with Gasteiger partial charge in [0.2, 0.25) is 5.91 Å². The number of hydrogen-bond acceptors (Lipinski definition) is 4. The van der Waals surface area contributed by atoms with Crippen molar-refractivity contribution in [1.82, 2.24) is 9.88 Å². The molecule has 0 radical (unpaired) electrons. The summed E-state index contributed by atoms with van der Waals surface area (Å²) in [6.07, 6.45) is 2.67. The van der Waals surface area contributed by atoms with Gasteiger partial charge in [-0.1, -0.05) is 11.6 Å². The van der Waals surface area contributed by atoms with Crippen molar-refractivity contribution < 1.29 is 23.6 Å². The lowest BCUT2D eigenvalue weighted by atomic mass is 9.39. The first kappa shape index (κ1) is 21.6. The first-order valence-electron chi connectivity index (χ1n) is 10.7. The highest BCUT2D eigenvalue weighted by Crippen LogP contribution is 2.67. The average molecular weight is 473 g/mol. The van der Waals surface area contributed by atoms with Crippen LogP contribution in [0.25, 0.3) is 0 Å². The van der Waals surface area contributed by atoms with Gasteiger partial charge in [-0.15, -0.1) is 0 Å². The van der Waals surface area contributed by atoms with Crippen LogP contribution < -0.4 is 16.4 Å². The summed E-state index contributed by atoms with van der Waals surface area (Å²) in [5, 5.41) is 5.36. The third-order valence-corrected chi connectivity index (χ3v) is 7.46. The van der Waals surface area contributed by atoms with E-state index >= 15 is 0 Å². The van der Waals surface area contributed by atoms with Crippen molar-refractivity contribution in [3.63, 3.8) is 0 Å². The molecule has 0 saturated heterocycles. The van der Waals surface area contributed by atoms with Gasteiger partial charge < -0.3 is 20.9 Å². The van der Waals surface area contributed by atoms with Gasteiger partial charge in [0, 0.05) is 23.5 Å². The maximum absolute atomic E-state index is 13.4. The van der Waals surface area contributed by atoms with Gasteiger partial charge in [-0.05, 0) is 62.8 Å². The van der Waals surface area contributed by atoms with Gasteiger partial charge in [0.15, 0.2) is 0 Å². The van der Waals surface area contributed by atoms with Crippen molar-refractivity contribution in [2.45, 2.75) is 51.1 Å². The second-order valence-electron chi connectivity index (χ2n) is 9.37. The Bertz CT molecular complexity index is 1250. The number of Topliss-reactive ketones (excluding diaryl/α,β-unsaturated/α-hetero) is 1. The van der Waals surface area contributed by atoms with Gasteiger partial charge in [-0.2, -0.15) is 0 Å². The van der Waals surface area contributed by atoms with Crippen LogP contribution in [0.5, 0.6) is 0 Å². The maximum Gasteiger partial charge on any atom is 0.292 e. The van der Waals surface area contributed by atoms with Crippen LogP contribution in [-0.4, -0.2) is 33.6 Å². The zero-order valence-corrected chi connectivity index (χ0v) is 18.6. The van der Waals surface area contributed by atoms with E-state index < -0.39 is 34.4 Å². The number of fused-ring (bicyclic) bond motifs is 1. The van der Waals surface area contributed by atoms with Gasteiger partial charge in [-0.25, -0.2) is 4.39 Å². The lowest BCUT2D eigenvalue weighted by Gasteiger charge is -2.68. The Morgan fingerprint density at radius 3 is 2.52 bits per heavy atom. The normalized spacial score (nSPS) is 24.3. The fourth-order valence-electron chi connectivity index (χ4n) is 5.67. The second-order valence-corrected chi connectivity index (χ2v) is 9.78. The second kappa shape index (κ2) is 7.15. The first-order valence-corrected chi connectivity index (χ1v) is 11.1. The minimum Gasteiger partial charge on any atom is -0.369 e. The molecule has 10 heteroatoms. The van der Waals surface area contributed by atoms with Gasteiger partial charge in [0.1, 0.15) is 11.5 Å². The molecule has 4 N–H and O–H groups in total. The first-order chi connectivity index (χ1) is 15.6. The monoisotopic (exact) mass is 472 g/mol. The molecule has 8 nitrogen and oxygen atoms in total. The van der Waals surface area contributed by atoms with E-state index in [1.165, 1.54) is 12.1 Å².